The second-order valence-electron chi connectivity index (χ2n) is 9.01. The maximum absolute atomic E-state index is 13.4. The van der Waals surface area contributed by atoms with E-state index in [-0.39, 0.29) is 23.8 Å². The lowest BCUT2D eigenvalue weighted by Crippen LogP contribution is -2.60. The average molecular weight is 493 g/mol. The summed E-state index contributed by atoms with van der Waals surface area (Å²) in [5.74, 6) is -4.60. The van der Waals surface area contributed by atoms with Crippen molar-refractivity contribution in [2.24, 2.45) is 17.8 Å². The van der Waals surface area contributed by atoms with Gasteiger partial charge in [-0.15, -0.1) is 23.2 Å². The highest BCUT2D eigenvalue weighted by Gasteiger charge is 2.75. The molecule has 2 heterocycles. The molecule has 1 aromatic rings. The van der Waals surface area contributed by atoms with E-state index in [9.17, 15) is 24.3 Å². The lowest BCUT2D eigenvalue weighted by molar-refractivity contribution is -0.138. The van der Waals surface area contributed by atoms with E-state index in [0.29, 0.717) is 24.2 Å². The van der Waals surface area contributed by atoms with E-state index < -0.39 is 51.1 Å². The molecule has 0 radical (unpaired) electrons. The van der Waals surface area contributed by atoms with Crippen LogP contribution >= 0.6 is 23.2 Å². The molecule has 1 saturated carbocycles. The summed E-state index contributed by atoms with van der Waals surface area (Å²) in [5.41, 5.74) is 1.21. The quantitative estimate of drug-likeness (QED) is 0.379. The fourth-order valence-electron chi connectivity index (χ4n) is 6.01. The van der Waals surface area contributed by atoms with Crippen molar-refractivity contribution in [3.8, 4) is 11.5 Å². The first-order valence-electron chi connectivity index (χ1n) is 10.8. The first-order chi connectivity index (χ1) is 15.6. The fourth-order valence-corrected chi connectivity index (χ4v) is 7.03. The van der Waals surface area contributed by atoms with Crippen LogP contribution in [0, 0.1) is 17.8 Å². The molecule has 1 aromatic carbocycles. The minimum Gasteiger partial charge on any atom is -0.504 e. The van der Waals surface area contributed by atoms with Crippen molar-refractivity contribution in [2.45, 2.75) is 35.4 Å². The molecule has 8 nitrogen and oxygen atoms in total. The highest BCUT2D eigenvalue weighted by molar-refractivity contribution is 6.53. The van der Waals surface area contributed by atoms with Gasteiger partial charge in [0.25, 0.3) is 11.8 Å². The molecular weight excluding hydrogens is 471 g/mol. The summed E-state index contributed by atoms with van der Waals surface area (Å²) in [6, 6.07) is 4.62. The number of nitrogens with one attached hydrogen (secondary N) is 1. The first-order valence-corrected chi connectivity index (χ1v) is 11.5. The molecule has 5 rings (SSSR count). The van der Waals surface area contributed by atoms with Crippen LogP contribution in [0.4, 0.5) is 0 Å². The van der Waals surface area contributed by atoms with Crippen LogP contribution < -0.4 is 10.1 Å². The number of rotatable bonds is 3. The number of carbonyl (C=O) groups excluding carboxylic acids is 4. The summed E-state index contributed by atoms with van der Waals surface area (Å²) >= 11 is 14.1. The number of halogens is 2. The summed E-state index contributed by atoms with van der Waals surface area (Å²) in [6.45, 7) is 2.06. The summed E-state index contributed by atoms with van der Waals surface area (Å²) in [6.07, 6.45) is 2.10. The van der Waals surface area contributed by atoms with Crippen molar-refractivity contribution >= 4 is 46.8 Å². The second kappa shape index (κ2) is 7.21. The highest BCUT2D eigenvalue weighted by atomic mass is 35.5. The highest BCUT2D eigenvalue weighted by Crippen LogP contribution is 2.65. The number of phenols is 1. The van der Waals surface area contributed by atoms with E-state index >= 15 is 0 Å². The Morgan fingerprint density at radius 3 is 2.58 bits per heavy atom. The normalized spacial score (nSPS) is 37.3. The van der Waals surface area contributed by atoms with Gasteiger partial charge in [0.2, 0.25) is 11.8 Å². The fraction of sp³-hybridized carbons (Fsp3) is 0.478. The zero-order valence-corrected chi connectivity index (χ0v) is 19.4. The van der Waals surface area contributed by atoms with Gasteiger partial charge >= 0.3 is 0 Å². The lowest BCUT2D eigenvalue weighted by Gasteiger charge is -2.50. The second-order valence-corrected chi connectivity index (χ2v) is 10.3. The van der Waals surface area contributed by atoms with Crippen LogP contribution in [-0.4, -0.2) is 57.0 Å². The predicted molar refractivity (Wildman–Crippen MR) is 118 cm³/mol. The van der Waals surface area contributed by atoms with Gasteiger partial charge in [-0.1, -0.05) is 17.7 Å². The summed E-state index contributed by atoms with van der Waals surface area (Å²) in [5, 5.41) is 12.6. The molecule has 4 amide bonds. The molecule has 0 unspecified atom stereocenters. The zero-order chi connectivity index (χ0) is 23.9. The van der Waals surface area contributed by atoms with Gasteiger partial charge in [0.05, 0.1) is 18.4 Å². The Kier molecular flexibility index (Phi) is 4.85. The average Bonchev–Trinajstić information content (AvgIpc) is 3.14. The van der Waals surface area contributed by atoms with E-state index in [0.717, 1.165) is 4.90 Å². The van der Waals surface area contributed by atoms with Crippen molar-refractivity contribution in [3.05, 3.63) is 35.4 Å². The number of likely N-dealkylation sites (tertiary alicyclic amines) is 1. The standard InChI is InChI=1S/C23H22Cl2N2O6/c1-3-33-15-8-10(4-7-14(15)28)17-11-5-6-12-16(19(30)26-18(12)29)13(11)9-22(24)20(31)27(2)21(32)23(17,22)25/h4-5,7-8,12-13,16-17,28H,3,6,9H2,1-2H3,(H,26,29,30)/t12-,13+,16-,17-,22+,23-/m0/s1. The van der Waals surface area contributed by atoms with Gasteiger partial charge in [0.15, 0.2) is 21.2 Å². The molecule has 0 aromatic heterocycles. The van der Waals surface area contributed by atoms with Gasteiger partial charge in [-0.2, -0.15) is 0 Å². The number of benzene rings is 1. The predicted octanol–water partition coefficient (Wildman–Crippen LogP) is 2.07. The molecule has 4 aliphatic rings. The van der Waals surface area contributed by atoms with Gasteiger partial charge < -0.3 is 9.84 Å². The monoisotopic (exact) mass is 492 g/mol. The van der Waals surface area contributed by atoms with Crippen LogP contribution in [0.15, 0.2) is 29.8 Å². The smallest absolute Gasteiger partial charge is 0.253 e. The Labute approximate surface area is 199 Å². The third-order valence-electron chi connectivity index (χ3n) is 7.47. The molecule has 2 aliphatic heterocycles. The number of nitrogens with zero attached hydrogens (tertiary/aromatic N) is 1. The summed E-state index contributed by atoms with van der Waals surface area (Å²) in [4.78, 5) is 49.0. The van der Waals surface area contributed by atoms with Crippen LogP contribution in [0.5, 0.6) is 11.5 Å². The van der Waals surface area contributed by atoms with E-state index in [1.807, 2.05) is 6.08 Å². The Bertz CT molecular complexity index is 1150. The number of amides is 4. The van der Waals surface area contributed by atoms with Crippen molar-refractivity contribution in [1.82, 2.24) is 10.2 Å². The van der Waals surface area contributed by atoms with Crippen LogP contribution in [-0.2, 0) is 19.2 Å². The third-order valence-corrected chi connectivity index (χ3v) is 8.89. The number of hydrogen-bond donors (Lipinski definition) is 2. The van der Waals surface area contributed by atoms with Crippen molar-refractivity contribution < 1.29 is 29.0 Å². The Hall–Kier alpha value is -2.58. The maximum Gasteiger partial charge on any atom is 0.253 e. The van der Waals surface area contributed by atoms with Crippen molar-refractivity contribution in [2.75, 3.05) is 13.7 Å². The molecule has 2 saturated heterocycles. The molecule has 174 valence electrons. The molecule has 2 aliphatic carbocycles. The number of aromatic hydroxyl groups is 1. The number of phenolic OH excluding ortho intramolecular Hbond substituents is 1. The number of alkyl halides is 2. The molecule has 33 heavy (non-hydrogen) atoms. The van der Waals surface area contributed by atoms with Gasteiger partial charge in [-0.25, -0.2) is 0 Å². The van der Waals surface area contributed by atoms with E-state index in [4.69, 9.17) is 27.9 Å². The van der Waals surface area contributed by atoms with Crippen molar-refractivity contribution in [1.29, 1.82) is 0 Å². The van der Waals surface area contributed by atoms with Crippen LogP contribution in [0.2, 0.25) is 0 Å². The topological polar surface area (TPSA) is 113 Å². The SMILES string of the molecule is CCOc1cc([C@H]2C3=CC[C@@H]4C(=O)NC(=O)[C@@H]4[C@@H]3C[C@@]3(Cl)C(=O)N(C)C(=O)[C@@]23Cl)ccc1O. The summed E-state index contributed by atoms with van der Waals surface area (Å²) in [7, 11) is 1.34. The third kappa shape index (κ3) is 2.71. The van der Waals surface area contributed by atoms with Crippen LogP contribution in [0.1, 0.15) is 31.2 Å². The Balaban J connectivity index is 1.74. The molecule has 2 N–H and O–H groups in total. The molecular formula is C23H22Cl2N2O6. The van der Waals surface area contributed by atoms with E-state index in [1.165, 1.54) is 13.1 Å². The molecule has 3 fully saturated rings. The molecule has 10 heteroatoms. The van der Waals surface area contributed by atoms with Gasteiger partial charge in [-0.05, 0) is 43.4 Å². The van der Waals surface area contributed by atoms with E-state index in [1.54, 1.807) is 19.1 Å². The molecule has 0 bridgehead atoms. The Morgan fingerprint density at radius 1 is 1.15 bits per heavy atom. The van der Waals surface area contributed by atoms with Gasteiger partial charge in [-0.3, -0.25) is 29.4 Å². The number of imide groups is 2. The lowest BCUT2D eigenvalue weighted by atomic mass is 9.56. The molecule has 6 atom stereocenters. The zero-order valence-electron chi connectivity index (χ0n) is 17.9. The summed E-state index contributed by atoms with van der Waals surface area (Å²) < 4.78 is 5.53. The van der Waals surface area contributed by atoms with Gasteiger partial charge in [0, 0.05) is 13.0 Å². The van der Waals surface area contributed by atoms with E-state index in [2.05, 4.69) is 5.32 Å². The number of carbonyl (C=O) groups is 4. The first kappa shape index (κ1) is 22.2. The number of ether oxygens (including phenoxy) is 1. The minimum absolute atomic E-state index is 0.0480. The maximum atomic E-state index is 13.4. The molecule has 0 spiro atoms. The number of hydrogen-bond acceptors (Lipinski definition) is 6. The van der Waals surface area contributed by atoms with Crippen LogP contribution in [0.25, 0.3) is 0 Å². The van der Waals surface area contributed by atoms with Crippen LogP contribution in [0.3, 0.4) is 0 Å². The van der Waals surface area contributed by atoms with Gasteiger partial charge in [0.1, 0.15) is 0 Å². The number of allylic oxidation sites excluding steroid dienone is 2. The largest absolute Gasteiger partial charge is 0.504 e. The Morgan fingerprint density at radius 2 is 1.88 bits per heavy atom. The minimum atomic E-state index is -1.85. The van der Waals surface area contributed by atoms with Crippen molar-refractivity contribution in [3.63, 3.8) is 0 Å². The number of fused-ring (bicyclic) bond motifs is 4.